The number of para-hydroxylation sites is 2. The SMILES string of the molecule is CC[C@H](C)n1c(S[C@H](C)C(=O)N2CCc3ccccc32)nc2ccccc2c1=O. The van der Waals surface area contributed by atoms with E-state index in [2.05, 4.69) is 13.0 Å². The summed E-state index contributed by atoms with van der Waals surface area (Å²) in [6, 6.07) is 15.5. The van der Waals surface area contributed by atoms with Gasteiger partial charge in [-0.1, -0.05) is 49.0 Å². The molecule has 0 N–H and O–H groups in total. The lowest BCUT2D eigenvalue weighted by atomic mass is 10.2. The number of aromatic nitrogens is 2. The van der Waals surface area contributed by atoms with Gasteiger partial charge in [-0.2, -0.15) is 0 Å². The number of carbonyl (C=O) groups is 1. The first-order valence-electron chi connectivity index (χ1n) is 10.1. The highest BCUT2D eigenvalue weighted by atomic mass is 32.2. The second-order valence-corrected chi connectivity index (χ2v) is 8.78. The minimum Gasteiger partial charge on any atom is -0.311 e. The molecule has 150 valence electrons. The fourth-order valence-corrected chi connectivity index (χ4v) is 4.85. The van der Waals surface area contributed by atoms with Gasteiger partial charge in [-0.25, -0.2) is 4.98 Å². The number of rotatable bonds is 5. The zero-order valence-electron chi connectivity index (χ0n) is 17.0. The number of hydrogen-bond acceptors (Lipinski definition) is 4. The monoisotopic (exact) mass is 407 g/mol. The number of thioether (sulfide) groups is 1. The lowest BCUT2D eigenvalue weighted by Gasteiger charge is -2.23. The molecule has 1 aliphatic rings. The normalized spacial score (nSPS) is 15.3. The van der Waals surface area contributed by atoms with Crippen molar-refractivity contribution in [2.75, 3.05) is 11.4 Å². The Morgan fingerprint density at radius 3 is 2.66 bits per heavy atom. The molecule has 29 heavy (non-hydrogen) atoms. The van der Waals surface area contributed by atoms with E-state index in [-0.39, 0.29) is 22.8 Å². The summed E-state index contributed by atoms with van der Waals surface area (Å²) >= 11 is 1.37. The summed E-state index contributed by atoms with van der Waals surface area (Å²) in [5, 5.41) is 0.880. The van der Waals surface area contributed by atoms with Crippen LogP contribution in [-0.2, 0) is 11.2 Å². The molecule has 1 amide bonds. The van der Waals surface area contributed by atoms with Crippen LogP contribution >= 0.6 is 11.8 Å². The average molecular weight is 408 g/mol. The van der Waals surface area contributed by atoms with Gasteiger partial charge in [0.25, 0.3) is 5.56 Å². The molecule has 0 spiro atoms. The highest BCUT2D eigenvalue weighted by molar-refractivity contribution is 8.00. The molecule has 0 saturated carbocycles. The highest BCUT2D eigenvalue weighted by Gasteiger charge is 2.29. The Hall–Kier alpha value is -2.60. The molecular weight excluding hydrogens is 382 g/mol. The minimum absolute atomic E-state index is 0.0110. The summed E-state index contributed by atoms with van der Waals surface area (Å²) in [6.45, 7) is 6.67. The van der Waals surface area contributed by atoms with E-state index < -0.39 is 0 Å². The Morgan fingerprint density at radius 1 is 1.14 bits per heavy atom. The third-order valence-electron chi connectivity index (χ3n) is 5.59. The largest absolute Gasteiger partial charge is 0.311 e. The van der Waals surface area contributed by atoms with Crippen molar-refractivity contribution in [2.45, 2.75) is 50.1 Å². The van der Waals surface area contributed by atoms with E-state index in [1.807, 2.05) is 61.2 Å². The van der Waals surface area contributed by atoms with Gasteiger partial charge in [-0.05, 0) is 50.5 Å². The van der Waals surface area contributed by atoms with Crippen LogP contribution in [0.15, 0.2) is 58.5 Å². The summed E-state index contributed by atoms with van der Waals surface area (Å²) in [5.41, 5.74) is 2.83. The molecule has 2 aromatic carbocycles. The zero-order chi connectivity index (χ0) is 20.5. The van der Waals surface area contributed by atoms with Gasteiger partial charge in [0, 0.05) is 18.3 Å². The Labute approximate surface area is 174 Å². The van der Waals surface area contributed by atoms with Gasteiger partial charge in [0.15, 0.2) is 5.16 Å². The first-order chi connectivity index (χ1) is 14.0. The lowest BCUT2D eigenvalue weighted by molar-refractivity contribution is -0.117. The van der Waals surface area contributed by atoms with Gasteiger partial charge in [0.2, 0.25) is 5.91 Å². The van der Waals surface area contributed by atoms with Gasteiger partial charge in [0.05, 0.1) is 16.2 Å². The van der Waals surface area contributed by atoms with Gasteiger partial charge in [-0.15, -0.1) is 0 Å². The van der Waals surface area contributed by atoms with Crippen LogP contribution < -0.4 is 10.5 Å². The maximum atomic E-state index is 13.2. The van der Waals surface area contributed by atoms with Crippen LogP contribution in [-0.4, -0.2) is 27.3 Å². The molecule has 6 heteroatoms. The van der Waals surface area contributed by atoms with Gasteiger partial charge in [0.1, 0.15) is 0 Å². The highest BCUT2D eigenvalue weighted by Crippen LogP contribution is 2.32. The smallest absolute Gasteiger partial charge is 0.262 e. The Bertz CT molecular complexity index is 1120. The van der Waals surface area contributed by atoms with Crippen molar-refractivity contribution < 1.29 is 4.79 Å². The van der Waals surface area contributed by atoms with Crippen molar-refractivity contribution in [3.8, 4) is 0 Å². The first kappa shape index (κ1) is 19.7. The number of fused-ring (bicyclic) bond motifs is 2. The third kappa shape index (κ3) is 3.57. The van der Waals surface area contributed by atoms with Crippen molar-refractivity contribution >= 4 is 34.3 Å². The van der Waals surface area contributed by atoms with Crippen LogP contribution in [0.3, 0.4) is 0 Å². The van der Waals surface area contributed by atoms with Gasteiger partial charge in [-0.3, -0.25) is 14.2 Å². The third-order valence-corrected chi connectivity index (χ3v) is 6.64. The number of hydrogen-bond donors (Lipinski definition) is 0. The second kappa shape index (κ2) is 8.03. The number of anilines is 1. The maximum absolute atomic E-state index is 13.2. The van der Waals surface area contributed by atoms with Crippen LogP contribution in [0.1, 0.15) is 38.8 Å². The maximum Gasteiger partial charge on any atom is 0.262 e. The Kier molecular flexibility index (Phi) is 5.46. The topological polar surface area (TPSA) is 55.2 Å². The number of benzene rings is 2. The first-order valence-corrected chi connectivity index (χ1v) is 11.0. The zero-order valence-corrected chi connectivity index (χ0v) is 17.8. The van der Waals surface area contributed by atoms with Gasteiger partial charge < -0.3 is 4.90 Å². The molecule has 2 heterocycles. The Balaban J connectivity index is 1.68. The van der Waals surface area contributed by atoms with E-state index >= 15 is 0 Å². The predicted octanol–water partition coefficient (Wildman–Crippen LogP) is 4.44. The van der Waals surface area contributed by atoms with E-state index in [0.717, 1.165) is 18.5 Å². The molecular formula is C23H25N3O2S. The van der Waals surface area contributed by atoms with Crippen LogP contribution in [0.25, 0.3) is 10.9 Å². The molecule has 0 bridgehead atoms. The van der Waals surface area contributed by atoms with Crippen molar-refractivity contribution in [2.24, 2.45) is 0 Å². The molecule has 4 rings (SSSR count). The van der Waals surface area contributed by atoms with E-state index in [4.69, 9.17) is 4.98 Å². The average Bonchev–Trinajstić information content (AvgIpc) is 3.17. The summed E-state index contributed by atoms with van der Waals surface area (Å²) in [6.07, 6.45) is 1.69. The van der Waals surface area contributed by atoms with Crippen molar-refractivity contribution in [3.05, 3.63) is 64.4 Å². The van der Waals surface area contributed by atoms with Crippen LogP contribution in [0.4, 0.5) is 5.69 Å². The molecule has 0 radical (unpaired) electrons. The summed E-state index contributed by atoms with van der Waals surface area (Å²) < 4.78 is 1.74. The quantitative estimate of drug-likeness (QED) is 0.464. The summed E-state index contributed by atoms with van der Waals surface area (Å²) in [4.78, 5) is 33.0. The fraction of sp³-hybridized carbons (Fsp3) is 0.348. The molecule has 2 atom stereocenters. The van der Waals surface area contributed by atoms with Crippen molar-refractivity contribution in [3.63, 3.8) is 0 Å². The number of nitrogens with zero attached hydrogens (tertiary/aromatic N) is 3. The molecule has 3 aromatic rings. The number of carbonyl (C=O) groups excluding carboxylic acids is 1. The molecule has 1 aliphatic heterocycles. The molecule has 1 aromatic heterocycles. The van der Waals surface area contributed by atoms with Crippen LogP contribution in [0.2, 0.25) is 0 Å². The molecule has 0 saturated heterocycles. The standard InChI is InChI=1S/C23H25N3O2S/c1-4-15(2)26-22(28)18-10-6-7-11-19(18)24-23(26)29-16(3)21(27)25-14-13-17-9-5-8-12-20(17)25/h5-12,15-16H,4,13-14H2,1-3H3/t15-,16+/m0/s1. The lowest BCUT2D eigenvalue weighted by Crippen LogP contribution is -2.36. The van der Waals surface area contributed by atoms with Crippen LogP contribution in [0, 0.1) is 0 Å². The minimum atomic E-state index is -0.343. The predicted molar refractivity (Wildman–Crippen MR) is 119 cm³/mol. The summed E-state index contributed by atoms with van der Waals surface area (Å²) in [7, 11) is 0. The molecule has 0 fully saturated rings. The van der Waals surface area contributed by atoms with E-state index in [0.29, 0.717) is 22.6 Å². The molecule has 0 aliphatic carbocycles. The molecule has 0 unspecified atom stereocenters. The van der Waals surface area contributed by atoms with Crippen molar-refractivity contribution in [1.82, 2.24) is 9.55 Å². The fourth-order valence-electron chi connectivity index (χ4n) is 3.78. The Morgan fingerprint density at radius 2 is 1.86 bits per heavy atom. The van der Waals surface area contributed by atoms with Crippen molar-refractivity contribution in [1.29, 1.82) is 0 Å². The van der Waals surface area contributed by atoms with E-state index in [1.165, 1.54) is 17.3 Å². The summed E-state index contributed by atoms with van der Waals surface area (Å²) in [5.74, 6) is 0.0538. The second-order valence-electron chi connectivity index (χ2n) is 7.47. The molecule has 5 nitrogen and oxygen atoms in total. The van der Waals surface area contributed by atoms with E-state index in [9.17, 15) is 9.59 Å². The van der Waals surface area contributed by atoms with Crippen LogP contribution in [0.5, 0.6) is 0 Å². The van der Waals surface area contributed by atoms with E-state index in [1.54, 1.807) is 4.57 Å². The number of amides is 1. The van der Waals surface area contributed by atoms with Gasteiger partial charge >= 0.3 is 0 Å².